The summed E-state index contributed by atoms with van der Waals surface area (Å²) in [7, 11) is 0. The summed E-state index contributed by atoms with van der Waals surface area (Å²) in [5.41, 5.74) is 6.12. The van der Waals surface area contributed by atoms with E-state index >= 15 is 0 Å². The molecule has 0 aromatic heterocycles. The van der Waals surface area contributed by atoms with Crippen molar-refractivity contribution in [3.8, 4) is 11.5 Å². The summed E-state index contributed by atoms with van der Waals surface area (Å²) >= 11 is 3.44. The van der Waals surface area contributed by atoms with Crippen molar-refractivity contribution in [3.63, 3.8) is 0 Å². The van der Waals surface area contributed by atoms with Crippen molar-refractivity contribution in [2.45, 2.75) is 13.8 Å². The molecule has 0 aliphatic carbocycles. The number of ether oxygens (including phenoxy) is 2. The van der Waals surface area contributed by atoms with E-state index in [1.54, 1.807) is 24.3 Å². The topological polar surface area (TPSA) is 67.9 Å². The summed E-state index contributed by atoms with van der Waals surface area (Å²) < 4.78 is 11.4. The van der Waals surface area contributed by atoms with Crippen molar-refractivity contribution >= 4 is 39.5 Å². The van der Waals surface area contributed by atoms with Gasteiger partial charge in [0.05, 0.1) is 5.69 Å². The van der Waals surface area contributed by atoms with E-state index in [0.717, 1.165) is 11.1 Å². The van der Waals surface area contributed by atoms with E-state index < -0.39 is 11.8 Å². The van der Waals surface area contributed by atoms with E-state index in [1.807, 2.05) is 26.0 Å². The minimum Gasteiger partial charge on any atom is -0.454 e. The zero-order chi connectivity index (χ0) is 18.4. The largest absolute Gasteiger partial charge is 0.454 e. The monoisotopic (exact) mass is 414 g/mol. The predicted octanol–water partition coefficient (Wildman–Crippen LogP) is 3.26. The minimum atomic E-state index is -0.446. The van der Waals surface area contributed by atoms with Crippen LogP contribution in [-0.2, 0) is 9.59 Å². The number of amides is 2. The van der Waals surface area contributed by atoms with Crippen molar-refractivity contribution in [2.75, 3.05) is 11.8 Å². The Morgan fingerprint density at radius 2 is 1.81 bits per heavy atom. The molecule has 1 saturated heterocycles. The van der Waals surface area contributed by atoms with E-state index in [2.05, 4.69) is 21.4 Å². The van der Waals surface area contributed by atoms with E-state index in [4.69, 9.17) is 9.47 Å². The molecule has 2 heterocycles. The zero-order valence-electron chi connectivity index (χ0n) is 14.1. The van der Waals surface area contributed by atoms with Gasteiger partial charge in [0.25, 0.3) is 11.8 Å². The fraction of sp³-hybridized carbons (Fsp3) is 0.158. The first-order valence-corrected chi connectivity index (χ1v) is 8.77. The highest BCUT2D eigenvalue weighted by atomic mass is 79.9. The smallest absolute Gasteiger partial charge is 0.282 e. The minimum absolute atomic E-state index is 0.0581. The average molecular weight is 415 g/mol. The van der Waals surface area contributed by atoms with Gasteiger partial charge in [-0.15, -0.1) is 0 Å². The number of carbonyl (C=O) groups is 2. The number of benzene rings is 2. The second-order valence-corrected chi connectivity index (χ2v) is 6.99. The molecule has 1 N–H and O–H groups in total. The van der Waals surface area contributed by atoms with Gasteiger partial charge in [-0.3, -0.25) is 15.0 Å². The molecule has 0 bridgehead atoms. The Kier molecular flexibility index (Phi) is 3.96. The van der Waals surface area contributed by atoms with Gasteiger partial charge in [-0.1, -0.05) is 22.0 Å². The lowest BCUT2D eigenvalue weighted by Crippen LogP contribution is -2.35. The van der Waals surface area contributed by atoms with Crippen LogP contribution in [0.4, 0.5) is 5.69 Å². The summed E-state index contributed by atoms with van der Waals surface area (Å²) in [6.45, 7) is 4.11. The van der Waals surface area contributed by atoms with Crippen LogP contribution in [0.15, 0.2) is 40.4 Å². The molecule has 0 spiro atoms. The molecule has 0 atom stereocenters. The van der Waals surface area contributed by atoms with Crippen molar-refractivity contribution < 1.29 is 19.1 Å². The molecule has 6 nitrogen and oxygen atoms in total. The summed E-state index contributed by atoms with van der Waals surface area (Å²) in [5.74, 6) is 0.357. The van der Waals surface area contributed by atoms with Gasteiger partial charge in [-0.25, -0.2) is 5.01 Å². The van der Waals surface area contributed by atoms with Gasteiger partial charge in [0.2, 0.25) is 6.79 Å². The second kappa shape index (κ2) is 6.17. The Labute approximate surface area is 158 Å². The quantitative estimate of drug-likeness (QED) is 0.604. The highest BCUT2D eigenvalue weighted by Gasteiger charge is 2.34. The molecule has 2 amide bonds. The number of carbonyl (C=O) groups excluding carboxylic acids is 2. The van der Waals surface area contributed by atoms with E-state index in [9.17, 15) is 9.59 Å². The maximum Gasteiger partial charge on any atom is 0.282 e. The van der Waals surface area contributed by atoms with Crippen LogP contribution in [0.25, 0.3) is 6.08 Å². The van der Waals surface area contributed by atoms with Gasteiger partial charge in [-0.05, 0) is 60.9 Å². The summed E-state index contributed by atoms with van der Waals surface area (Å²) in [6.07, 6.45) is 1.55. The molecule has 4 rings (SSSR count). The maximum atomic E-state index is 12.8. The molecular weight excluding hydrogens is 400 g/mol. The van der Waals surface area contributed by atoms with Crippen molar-refractivity contribution in [1.29, 1.82) is 0 Å². The number of halogens is 1. The van der Waals surface area contributed by atoms with Crippen LogP contribution in [0.3, 0.4) is 0 Å². The van der Waals surface area contributed by atoms with Crippen LogP contribution in [0.1, 0.15) is 16.7 Å². The number of rotatable bonds is 2. The SMILES string of the molecule is Cc1ccc(N2NC(=O)C(=Cc3cc4c(cc3Br)OCO4)C2=O)cc1C. The van der Waals surface area contributed by atoms with Crippen molar-refractivity contribution in [3.05, 3.63) is 57.1 Å². The van der Waals surface area contributed by atoms with Crippen LogP contribution in [0, 0.1) is 13.8 Å². The van der Waals surface area contributed by atoms with Gasteiger partial charge in [0.1, 0.15) is 5.57 Å². The summed E-state index contributed by atoms with van der Waals surface area (Å²) in [4.78, 5) is 25.1. The van der Waals surface area contributed by atoms with Crippen LogP contribution in [0.5, 0.6) is 11.5 Å². The standard InChI is InChI=1S/C19H15BrN2O4/c1-10-3-4-13(5-11(10)2)22-19(24)14(18(23)21-22)6-12-7-16-17(8-15(12)20)26-9-25-16/h3-8H,9H2,1-2H3,(H,21,23). The van der Waals surface area contributed by atoms with Crippen molar-refractivity contribution in [1.82, 2.24) is 5.43 Å². The van der Waals surface area contributed by atoms with Gasteiger partial charge >= 0.3 is 0 Å². The Morgan fingerprint density at radius 1 is 1.08 bits per heavy atom. The molecule has 132 valence electrons. The second-order valence-electron chi connectivity index (χ2n) is 6.14. The number of fused-ring (bicyclic) bond motifs is 1. The Balaban J connectivity index is 1.69. The average Bonchev–Trinajstić information content (AvgIpc) is 3.16. The third-order valence-electron chi connectivity index (χ3n) is 4.43. The van der Waals surface area contributed by atoms with Crippen LogP contribution in [-0.4, -0.2) is 18.6 Å². The summed E-state index contributed by atoms with van der Waals surface area (Å²) in [5, 5.41) is 1.27. The van der Waals surface area contributed by atoms with Crippen molar-refractivity contribution in [2.24, 2.45) is 0 Å². The van der Waals surface area contributed by atoms with E-state index in [0.29, 0.717) is 27.2 Å². The van der Waals surface area contributed by atoms with Crippen LogP contribution in [0.2, 0.25) is 0 Å². The first kappa shape index (κ1) is 16.7. The molecule has 0 saturated carbocycles. The molecule has 26 heavy (non-hydrogen) atoms. The lowest BCUT2D eigenvalue weighted by molar-refractivity contribution is -0.117. The Hall–Kier alpha value is -2.80. The molecule has 2 aliphatic heterocycles. The lowest BCUT2D eigenvalue weighted by Gasteiger charge is -2.16. The third-order valence-corrected chi connectivity index (χ3v) is 5.12. The number of hydrazine groups is 1. The van der Waals surface area contributed by atoms with E-state index in [-0.39, 0.29) is 12.4 Å². The fourth-order valence-corrected chi connectivity index (χ4v) is 3.24. The number of hydrogen-bond acceptors (Lipinski definition) is 4. The first-order chi connectivity index (χ1) is 12.4. The predicted molar refractivity (Wildman–Crippen MR) is 99.8 cm³/mol. The lowest BCUT2D eigenvalue weighted by atomic mass is 10.1. The molecule has 2 aliphatic rings. The molecular formula is C19H15BrN2O4. The molecule has 1 fully saturated rings. The normalized spacial score (nSPS) is 17.2. The molecule has 0 radical (unpaired) electrons. The van der Waals surface area contributed by atoms with Gasteiger partial charge in [-0.2, -0.15) is 0 Å². The number of nitrogens with one attached hydrogen (secondary N) is 1. The van der Waals surface area contributed by atoms with Crippen LogP contribution < -0.4 is 19.9 Å². The third kappa shape index (κ3) is 2.74. The fourth-order valence-electron chi connectivity index (χ4n) is 2.80. The van der Waals surface area contributed by atoms with E-state index in [1.165, 1.54) is 5.01 Å². The van der Waals surface area contributed by atoms with Gasteiger partial charge in [0, 0.05) is 4.47 Å². The van der Waals surface area contributed by atoms with Gasteiger partial charge < -0.3 is 9.47 Å². The zero-order valence-corrected chi connectivity index (χ0v) is 15.7. The molecule has 2 aromatic carbocycles. The first-order valence-electron chi connectivity index (χ1n) is 7.97. The maximum absolute atomic E-state index is 12.8. The number of nitrogens with zero attached hydrogens (tertiary/aromatic N) is 1. The molecule has 7 heteroatoms. The number of hydrogen-bond donors (Lipinski definition) is 1. The summed E-state index contributed by atoms with van der Waals surface area (Å²) in [6, 6.07) is 9.08. The highest BCUT2D eigenvalue weighted by molar-refractivity contribution is 9.10. The number of anilines is 1. The van der Waals surface area contributed by atoms with Gasteiger partial charge in [0.15, 0.2) is 11.5 Å². The number of aryl methyl sites for hydroxylation is 2. The molecule has 0 unspecified atom stereocenters. The van der Waals surface area contributed by atoms with Crippen LogP contribution >= 0.6 is 15.9 Å². The highest BCUT2D eigenvalue weighted by Crippen LogP contribution is 2.38. The Morgan fingerprint density at radius 3 is 2.54 bits per heavy atom. The Bertz CT molecular complexity index is 984. The molecule has 2 aromatic rings.